The van der Waals surface area contributed by atoms with Crippen molar-refractivity contribution in [3.8, 4) is 55.6 Å². The highest BCUT2D eigenvalue weighted by molar-refractivity contribution is 6.25. The van der Waals surface area contributed by atoms with E-state index in [0.717, 1.165) is 88.8 Å². The Kier molecular flexibility index (Phi) is 8.28. The molecule has 0 amide bonds. The molecule has 326 valence electrons. The van der Waals surface area contributed by atoms with Crippen LogP contribution >= 0.6 is 0 Å². The lowest BCUT2D eigenvalue weighted by atomic mass is 9.70. The Morgan fingerprint density at radius 1 is 0.300 bits per heavy atom. The van der Waals surface area contributed by atoms with Gasteiger partial charge in [-0.1, -0.05) is 206 Å². The molecule has 0 radical (unpaired) electrons. The van der Waals surface area contributed by atoms with Gasteiger partial charge in [-0.05, 0) is 109 Å². The summed E-state index contributed by atoms with van der Waals surface area (Å²) in [5.74, 6) is 0. The zero-order valence-electron chi connectivity index (χ0n) is 37.9. The minimum Gasteiger partial charge on any atom is -0.456 e. The van der Waals surface area contributed by atoms with E-state index in [9.17, 15) is 0 Å². The van der Waals surface area contributed by atoms with Crippen LogP contribution in [0.3, 0.4) is 0 Å². The fraction of sp³-hybridized carbons (Fsp3) is 0.0149. The zero-order valence-corrected chi connectivity index (χ0v) is 37.9. The summed E-state index contributed by atoms with van der Waals surface area (Å²) in [4.78, 5) is 2.47. The van der Waals surface area contributed by atoms with Crippen LogP contribution in [-0.4, -0.2) is 0 Å². The van der Waals surface area contributed by atoms with Gasteiger partial charge in [0.2, 0.25) is 0 Å². The molecule has 70 heavy (non-hydrogen) atoms. The lowest BCUT2D eigenvalue weighted by molar-refractivity contribution is 0.664. The fourth-order valence-electron chi connectivity index (χ4n) is 12.2. The molecule has 0 bridgehead atoms. The van der Waals surface area contributed by atoms with Crippen molar-refractivity contribution in [2.75, 3.05) is 4.90 Å². The predicted molar refractivity (Wildman–Crippen MR) is 288 cm³/mol. The summed E-state index contributed by atoms with van der Waals surface area (Å²) >= 11 is 0. The van der Waals surface area contributed by atoms with E-state index in [2.05, 4.69) is 248 Å². The fourth-order valence-corrected chi connectivity index (χ4v) is 12.2. The molecule has 0 saturated heterocycles. The molecule has 0 fully saturated rings. The van der Waals surface area contributed by atoms with Crippen LogP contribution in [0.25, 0.3) is 99.5 Å². The van der Waals surface area contributed by atoms with Gasteiger partial charge in [0.25, 0.3) is 0 Å². The Balaban J connectivity index is 1.03. The molecule has 2 aliphatic rings. The van der Waals surface area contributed by atoms with E-state index in [-0.39, 0.29) is 0 Å². The van der Waals surface area contributed by atoms with E-state index >= 15 is 0 Å². The number of anilines is 3. The number of benzene rings is 11. The molecule has 3 nitrogen and oxygen atoms in total. The topological polar surface area (TPSA) is 29.5 Å². The van der Waals surface area contributed by atoms with Gasteiger partial charge in [0.15, 0.2) is 0 Å². The zero-order chi connectivity index (χ0) is 45.9. The third-order valence-electron chi connectivity index (χ3n) is 15.1. The molecule has 0 N–H and O–H groups in total. The SMILES string of the molecule is c1ccc(-c2ccc(-c3c4oc5cccc(N(c6ccc7c(c6)C6(c8ccccc8-c8ccccc86)c6ccccc6-7)c6ccccc6-c6ccccc6)c5c4cc4oc5ccccc5c34)cc2)cc1. The largest absolute Gasteiger partial charge is 0.456 e. The van der Waals surface area contributed by atoms with Crippen molar-refractivity contribution < 1.29 is 8.83 Å². The Morgan fingerprint density at radius 2 is 0.829 bits per heavy atom. The number of para-hydroxylation sites is 2. The summed E-state index contributed by atoms with van der Waals surface area (Å²) in [6, 6.07) is 90.3. The molecule has 2 heterocycles. The molecular weight excluding hydrogens is 851 g/mol. The number of hydrogen-bond donors (Lipinski definition) is 0. The van der Waals surface area contributed by atoms with Crippen molar-refractivity contribution in [1.29, 1.82) is 0 Å². The summed E-state index contributed by atoms with van der Waals surface area (Å²) in [5.41, 5.74) is 22.9. The van der Waals surface area contributed by atoms with E-state index in [4.69, 9.17) is 8.83 Å². The smallest absolute Gasteiger partial charge is 0.144 e. The van der Waals surface area contributed by atoms with Crippen LogP contribution in [0.4, 0.5) is 17.1 Å². The van der Waals surface area contributed by atoms with Crippen LogP contribution in [0.1, 0.15) is 22.3 Å². The van der Waals surface area contributed by atoms with Gasteiger partial charge in [-0.15, -0.1) is 0 Å². The predicted octanol–water partition coefficient (Wildman–Crippen LogP) is 18.3. The van der Waals surface area contributed by atoms with E-state index in [1.165, 1.54) is 50.1 Å². The van der Waals surface area contributed by atoms with Crippen LogP contribution in [-0.2, 0) is 5.41 Å². The summed E-state index contributed by atoms with van der Waals surface area (Å²) < 4.78 is 14.1. The highest BCUT2D eigenvalue weighted by Crippen LogP contribution is 2.63. The molecule has 13 aromatic rings. The molecular formula is C67H41NO2. The Hall–Kier alpha value is -9.18. The minimum absolute atomic E-state index is 0.508. The van der Waals surface area contributed by atoms with E-state index in [0.29, 0.717) is 0 Å². The first-order valence-electron chi connectivity index (χ1n) is 24.1. The molecule has 0 saturated carbocycles. The van der Waals surface area contributed by atoms with Gasteiger partial charge in [-0.3, -0.25) is 0 Å². The highest BCUT2D eigenvalue weighted by atomic mass is 16.3. The standard InChI is InChI=1S/C67H41NO2/c1-3-18-42(19-4-1)43-34-36-45(37-35-43)63-65-52-26-11-16-32-60(52)69-62(65)41-53-64-59(31-17-33-61(64)70-66(53)63)68(58-30-15-10-22-47(58)44-20-5-2-6-21-44)46-38-39-51-50-25-9-14-29-56(50)67(57(51)40-46)54-27-12-7-23-48(54)49-24-8-13-28-55(49)67/h1-41H. The minimum atomic E-state index is -0.508. The average Bonchev–Trinajstić information content (AvgIpc) is 4.16. The molecule has 0 unspecified atom stereocenters. The van der Waals surface area contributed by atoms with Crippen molar-refractivity contribution in [2.24, 2.45) is 0 Å². The molecule has 2 aromatic heterocycles. The van der Waals surface area contributed by atoms with Crippen LogP contribution < -0.4 is 4.90 Å². The number of hydrogen-bond acceptors (Lipinski definition) is 3. The Morgan fingerprint density at radius 3 is 1.53 bits per heavy atom. The molecule has 0 aliphatic heterocycles. The van der Waals surface area contributed by atoms with E-state index in [1.54, 1.807) is 0 Å². The van der Waals surface area contributed by atoms with E-state index in [1.807, 2.05) is 6.07 Å². The Bertz CT molecular complexity index is 4170. The molecule has 2 aliphatic carbocycles. The van der Waals surface area contributed by atoms with Crippen molar-refractivity contribution in [1.82, 2.24) is 0 Å². The lowest BCUT2D eigenvalue weighted by Crippen LogP contribution is -2.26. The number of nitrogens with zero attached hydrogens (tertiary/aromatic N) is 1. The van der Waals surface area contributed by atoms with Gasteiger partial charge in [-0.2, -0.15) is 0 Å². The molecule has 15 rings (SSSR count). The molecule has 3 heteroatoms. The van der Waals surface area contributed by atoms with Gasteiger partial charge < -0.3 is 13.7 Å². The van der Waals surface area contributed by atoms with Crippen LogP contribution in [0.5, 0.6) is 0 Å². The summed E-state index contributed by atoms with van der Waals surface area (Å²) in [5, 5.41) is 4.11. The second-order valence-electron chi connectivity index (χ2n) is 18.6. The monoisotopic (exact) mass is 891 g/mol. The van der Waals surface area contributed by atoms with Crippen molar-refractivity contribution in [3.05, 3.63) is 271 Å². The van der Waals surface area contributed by atoms with Crippen molar-refractivity contribution in [2.45, 2.75) is 5.41 Å². The lowest BCUT2D eigenvalue weighted by Gasteiger charge is -2.33. The van der Waals surface area contributed by atoms with Crippen LogP contribution in [0.15, 0.2) is 258 Å². The summed E-state index contributed by atoms with van der Waals surface area (Å²) in [7, 11) is 0. The molecule has 1 spiro atoms. The quantitative estimate of drug-likeness (QED) is 0.167. The highest BCUT2D eigenvalue weighted by Gasteiger charge is 2.51. The molecule has 11 aromatic carbocycles. The maximum atomic E-state index is 7.26. The average molecular weight is 892 g/mol. The van der Waals surface area contributed by atoms with E-state index < -0.39 is 5.41 Å². The number of rotatable bonds is 6. The van der Waals surface area contributed by atoms with Gasteiger partial charge in [-0.25, -0.2) is 0 Å². The van der Waals surface area contributed by atoms with Gasteiger partial charge in [0, 0.05) is 33.0 Å². The van der Waals surface area contributed by atoms with Gasteiger partial charge in [0.05, 0.1) is 22.2 Å². The number of fused-ring (bicyclic) bond motifs is 16. The van der Waals surface area contributed by atoms with Crippen LogP contribution in [0.2, 0.25) is 0 Å². The second kappa shape index (κ2) is 14.9. The summed E-state index contributed by atoms with van der Waals surface area (Å²) in [6.45, 7) is 0. The maximum Gasteiger partial charge on any atom is 0.144 e. The van der Waals surface area contributed by atoms with Crippen molar-refractivity contribution in [3.63, 3.8) is 0 Å². The molecule has 0 atom stereocenters. The van der Waals surface area contributed by atoms with Gasteiger partial charge >= 0.3 is 0 Å². The maximum absolute atomic E-state index is 7.26. The normalized spacial score (nSPS) is 13.0. The third-order valence-corrected chi connectivity index (χ3v) is 15.1. The summed E-state index contributed by atoms with van der Waals surface area (Å²) in [6.07, 6.45) is 0. The first kappa shape index (κ1) is 38.9. The first-order chi connectivity index (χ1) is 34.7. The Labute approximate surface area is 404 Å². The first-order valence-corrected chi connectivity index (χ1v) is 24.1. The third kappa shape index (κ3) is 5.40. The number of furan rings is 2. The van der Waals surface area contributed by atoms with Crippen molar-refractivity contribution >= 4 is 60.9 Å². The van der Waals surface area contributed by atoms with Gasteiger partial charge in [0.1, 0.15) is 22.3 Å². The second-order valence-corrected chi connectivity index (χ2v) is 18.6. The van der Waals surface area contributed by atoms with Crippen LogP contribution in [0, 0.1) is 0 Å².